The lowest BCUT2D eigenvalue weighted by atomic mass is 9.97. The summed E-state index contributed by atoms with van der Waals surface area (Å²) < 4.78 is 5.52. The first-order valence-electron chi connectivity index (χ1n) is 6.67. The first kappa shape index (κ1) is 16.8. The molecule has 0 heterocycles. The van der Waals surface area contributed by atoms with Gasteiger partial charge in [-0.2, -0.15) is 0 Å². The lowest BCUT2D eigenvalue weighted by Crippen LogP contribution is -2.00. The zero-order chi connectivity index (χ0) is 15.0. The minimum Gasteiger partial charge on any atom is -0.392 e. The number of aliphatic hydroxyl groups excluding tert-OH is 1. The molecule has 0 amide bonds. The Morgan fingerprint density at radius 1 is 1.45 bits per heavy atom. The molecular formula is C17H22O2S. The van der Waals surface area contributed by atoms with Gasteiger partial charge in [-0.15, -0.1) is 12.6 Å². The number of benzene rings is 1. The van der Waals surface area contributed by atoms with Gasteiger partial charge in [0, 0.05) is 11.5 Å². The molecule has 0 bridgehead atoms. The van der Waals surface area contributed by atoms with Crippen LogP contribution in [0.4, 0.5) is 0 Å². The third-order valence-corrected chi connectivity index (χ3v) is 3.44. The van der Waals surface area contributed by atoms with E-state index in [4.69, 9.17) is 4.74 Å². The minimum atomic E-state index is 0.0251. The summed E-state index contributed by atoms with van der Waals surface area (Å²) in [6, 6.07) is 5.88. The van der Waals surface area contributed by atoms with E-state index in [1.807, 2.05) is 44.2 Å². The van der Waals surface area contributed by atoms with Gasteiger partial charge in [-0.3, -0.25) is 0 Å². The molecule has 0 aromatic heterocycles. The number of thiol groups is 1. The van der Waals surface area contributed by atoms with Gasteiger partial charge in [0.05, 0.1) is 13.2 Å². The highest BCUT2D eigenvalue weighted by Gasteiger charge is 2.10. The van der Waals surface area contributed by atoms with Gasteiger partial charge >= 0.3 is 0 Å². The summed E-state index contributed by atoms with van der Waals surface area (Å²) in [6.45, 7) is 8.86. The lowest BCUT2D eigenvalue weighted by molar-refractivity contribution is 0.134. The quantitative estimate of drug-likeness (QED) is 0.584. The predicted molar refractivity (Wildman–Crippen MR) is 88.6 cm³/mol. The molecule has 0 saturated carbocycles. The molecule has 0 aliphatic carbocycles. The van der Waals surface area contributed by atoms with Crippen molar-refractivity contribution < 1.29 is 9.84 Å². The molecule has 0 aliphatic rings. The smallest absolute Gasteiger partial charge is 0.0722 e. The highest BCUT2D eigenvalue weighted by Crippen LogP contribution is 2.29. The van der Waals surface area contributed by atoms with Crippen molar-refractivity contribution in [2.75, 3.05) is 6.61 Å². The van der Waals surface area contributed by atoms with Gasteiger partial charge in [-0.05, 0) is 36.1 Å². The Bertz CT molecular complexity index is 516. The molecule has 1 rings (SSSR count). The molecule has 0 radical (unpaired) electrons. The number of ether oxygens (including phenoxy) is 1. The zero-order valence-corrected chi connectivity index (χ0v) is 13.0. The fourth-order valence-electron chi connectivity index (χ4n) is 1.93. The number of hydrogen-bond donors (Lipinski definition) is 2. The van der Waals surface area contributed by atoms with Crippen LogP contribution in [0.2, 0.25) is 0 Å². The van der Waals surface area contributed by atoms with E-state index < -0.39 is 0 Å². The Morgan fingerprint density at radius 2 is 2.20 bits per heavy atom. The molecule has 1 aromatic carbocycles. The van der Waals surface area contributed by atoms with E-state index in [-0.39, 0.29) is 6.61 Å². The number of rotatable bonds is 7. The summed E-state index contributed by atoms with van der Waals surface area (Å²) in [4.78, 5) is 0.888. The van der Waals surface area contributed by atoms with Crippen molar-refractivity contribution in [2.45, 2.75) is 27.1 Å². The Hall–Kier alpha value is -1.29. The molecule has 0 fully saturated rings. The van der Waals surface area contributed by atoms with Crippen molar-refractivity contribution in [1.82, 2.24) is 0 Å². The maximum atomic E-state index is 9.28. The van der Waals surface area contributed by atoms with Gasteiger partial charge in [0.2, 0.25) is 0 Å². The fraction of sp³-hybridized carbons (Fsp3) is 0.294. The number of aliphatic hydroxyl groups is 1. The van der Waals surface area contributed by atoms with Crippen LogP contribution in [-0.4, -0.2) is 11.7 Å². The fourth-order valence-corrected chi connectivity index (χ4v) is 2.12. The Labute approximate surface area is 126 Å². The number of allylic oxidation sites excluding steroid dienone is 4. The summed E-state index contributed by atoms with van der Waals surface area (Å²) in [5.74, 6) is 0. The molecule has 3 heteroatoms. The van der Waals surface area contributed by atoms with E-state index in [1.54, 1.807) is 6.08 Å². The first-order valence-corrected chi connectivity index (χ1v) is 7.11. The summed E-state index contributed by atoms with van der Waals surface area (Å²) in [7, 11) is 0. The zero-order valence-electron chi connectivity index (χ0n) is 12.1. The third kappa shape index (κ3) is 4.37. The van der Waals surface area contributed by atoms with Crippen molar-refractivity contribution in [2.24, 2.45) is 0 Å². The molecule has 0 spiro atoms. The Morgan fingerprint density at radius 3 is 2.75 bits per heavy atom. The van der Waals surface area contributed by atoms with E-state index in [0.29, 0.717) is 13.2 Å². The van der Waals surface area contributed by atoms with E-state index in [2.05, 4.69) is 19.2 Å². The SMILES string of the molecule is C=C/C=C(\C(S)=C/C)c1ccc(CO)cc1COCC. The van der Waals surface area contributed by atoms with Crippen LogP contribution in [0, 0.1) is 0 Å². The average Bonchev–Trinajstić information content (AvgIpc) is 2.49. The van der Waals surface area contributed by atoms with Crippen LogP contribution in [0.25, 0.3) is 5.57 Å². The molecule has 20 heavy (non-hydrogen) atoms. The van der Waals surface area contributed by atoms with Gasteiger partial charge in [0.25, 0.3) is 0 Å². The van der Waals surface area contributed by atoms with Crippen molar-refractivity contribution >= 4 is 18.2 Å². The topological polar surface area (TPSA) is 29.5 Å². The van der Waals surface area contributed by atoms with Crippen LogP contribution in [-0.2, 0) is 18.0 Å². The van der Waals surface area contributed by atoms with Gasteiger partial charge in [-0.25, -0.2) is 0 Å². The highest BCUT2D eigenvalue weighted by molar-refractivity contribution is 7.85. The van der Waals surface area contributed by atoms with E-state index in [9.17, 15) is 5.11 Å². The summed E-state index contributed by atoms with van der Waals surface area (Å²) in [6.07, 6.45) is 5.63. The maximum Gasteiger partial charge on any atom is 0.0722 e. The van der Waals surface area contributed by atoms with Crippen molar-refractivity contribution in [3.8, 4) is 0 Å². The molecule has 1 N–H and O–H groups in total. The summed E-state index contributed by atoms with van der Waals surface area (Å²) >= 11 is 4.51. The van der Waals surface area contributed by atoms with Crippen molar-refractivity contribution in [3.05, 3.63) is 64.6 Å². The van der Waals surface area contributed by atoms with E-state index in [1.165, 1.54) is 0 Å². The maximum absolute atomic E-state index is 9.28. The van der Waals surface area contributed by atoms with Gasteiger partial charge in [0.15, 0.2) is 0 Å². The van der Waals surface area contributed by atoms with Gasteiger partial charge in [0.1, 0.15) is 0 Å². The molecular weight excluding hydrogens is 268 g/mol. The molecule has 0 unspecified atom stereocenters. The minimum absolute atomic E-state index is 0.0251. The third-order valence-electron chi connectivity index (χ3n) is 2.94. The summed E-state index contributed by atoms with van der Waals surface area (Å²) in [5.41, 5.74) is 3.98. The van der Waals surface area contributed by atoms with Crippen molar-refractivity contribution in [1.29, 1.82) is 0 Å². The van der Waals surface area contributed by atoms with Gasteiger partial charge in [-0.1, -0.05) is 43.0 Å². The molecule has 0 saturated heterocycles. The highest BCUT2D eigenvalue weighted by atomic mass is 32.1. The van der Waals surface area contributed by atoms with Crippen LogP contribution in [0.5, 0.6) is 0 Å². The second-order valence-corrected chi connectivity index (χ2v) is 4.76. The summed E-state index contributed by atoms with van der Waals surface area (Å²) in [5, 5.41) is 9.28. The van der Waals surface area contributed by atoms with Crippen LogP contribution in [0.1, 0.15) is 30.5 Å². The normalized spacial score (nSPS) is 12.6. The molecule has 1 aromatic rings. The number of hydrogen-bond acceptors (Lipinski definition) is 3. The van der Waals surface area contributed by atoms with Crippen LogP contribution < -0.4 is 0 Å². The van der Waals surface area contributed by atoms with Crippen molar-refractivity contribution in [3.63, 3.8) is 0 Å². The van der Waals surface area contributed by atoms with Crippen LogP contribution in [0.3, 0.4) is 0 Å². The largest absolute Gasteiger partial charge is 0.392 e. The van der Waals surface area contributed by atoms with E-state index >= 15 is 0 Å². The lowest BCUT2D eigenvalue weighted by Gasteiger charge is -2.14. The molecule has 0 aliphatic heterocycles. The first-order chi connectivity index (χ1) is 9.67. The monoisotopic (exact) mass is 290 g/mol. The Kier molecular flexibility index (Phi) is 7.37. The predicted octanol–water partition coefficient (Wildman–Crippen LogP) is 4.12. The molecule has 2 nitrogen and oxygen atoms in total. The molecule has 0 atom stereocenters. The van der Waals surface area contributed by atoms with Crippen LogP contribution >= 0.6 is 12.6 Å². The van der Waals surface area contributed by atoms with E-state index in [0.717, 1.165) is 27.2 Å². The molecule has 108 valence electrons. The standard InChI is InChI=1S/C17H22O2S/c1-4-7-16(17(20)5-2)15-9-8-13(11-18)10-14(15)12-19-6-3/h4-5,7-10,18,20H,1,6,11-12H2,2-3H3/b16-7-,17-5+. The van der Waals surface area contributed by atoms with Crippen LogP contribution in [0.15, 0.2) is 47.9 Å². The second kappa shape index (κ2) is 8.80. The average molecular weight is 290 g/mol. The van der Waals surface area contributed by atoms with Gasteiger partial charge < -0.3 is 9.84 Å². The Balaban J connectivity index is 3.32. The second-order valence-electron chi connectivity index (χ2n) is 4.28.